The van der Waals surface area contributed by atoms with Crippen molar-refractivity contribution in [2.75, 3.05) is 26.2 Å². The monoisotopic (exact) mass is 302 g/mol. The van der Waals surface area contributed by atoms with Gasteiger partial charge in [-0.3, -0.25) is 4.90 Å². The average Bonchev–Trinajstić information content (AvgIpc) is 2.29. The first-order valence-electron chi connectivity index (χ1n) is 5.58. The normalized spacial score (nSPS) is 24.2. The number of benzene rings is 1. The fourth-order valence-corrected chi connectivity index (χ4v) is 3.31. The molecule has 0 bridgehead atoms. The molecule has 4 heteroatoms. The van der Waals surface area contributed by atoms with E-state index in [1.54, 1.807) is 0 Å². The van der Waals surface area contributed by atoms with Gasteiger partial charge in [-0.25, -0.2) is 0 Å². The zero-order valence-electron chi connectivity index (χ0n) is 9.08. The molecule has 1 fully saturated rings. The molecule has 2 heterocycles. The molecule has 88 valence electrons. The number of nitrogens with zero attached hydrogens (tertiary/aromatic N) is 1. The summed E-state index contributed by atoms with van der Waals surface area (Å²) in [5.41, 5.74) is 3.03. The Hall–Kier alpha value is -0.0900. The smallest absolute Gasteiger partial charge is 0.0476 e. The van der Waals surface area contributed by atoms with Crippen molar-refractivity contribution < 1.29 is 0 Å². The van der Waals surface area contributed by atoms with E-state index in [2.05, 4.69) is 44.3 Å². The SMILES string of the molecule is Brc1cccc2c1CCN1CCNCC21.Cl. The Balaban J connectivity index is 0.000000963. The van der Waals surface area contributed by atoms with E-state index in [1.807, 2.05) is 0 Å². The molecule has 1 unspecified atom stereocenters. The van der Waals surface area contributed by atoms with Crippen LogP contribution in [-0.4, -0.2) is 31.1 Å². The van der Waals surface area contributed by atoms with Crippen LogP contribution in [0.2, 0.25) is 0 Å². The lowest BCUT2D eigenvalue weighted by Crippen LogP contribution is -2.48. The second-order valence-corrected chi connectivity index (χ2v) is 5.17. The summed E-state index contributed by atoms with van der Waals surface area (Å²) in [5.74, 6) is 0. The maximum Gasteiger partial charge on any atom is 0.0476 e. The zero-order chi connectivity index (χ0) is 10.3. The molecule has 2 aliphatic heterocycles. The van der Waals surface area contributed by atoms with E-state index >= 15 is 0 Å². The summed E-state index contributed by atoms with van der Waals surface area (Å²) < 4.78 is 1.28. The van der Waals surface area contributed by atoms with E-state index in [0.29, 0.717) is 6.04 Å². The van der Waals surface area contributed by atoms with Crippen molar-refractivity contribution in [3.63, 3.8) is 0 Å². The quantitative estimate of drug-likeness (QED) is 0.791. The summed E-state index contributed by atoms with van der Waals surface area (Å²) >= 11 is 3.66. The fraction of sp³-hybridized carbons (Fsp3) is 0.500. The van der Waals surface area contributed by atoms with Gasteiger partial charge in [0.1, 0.15) is 0 Å². The Bertz CT molecular complexity index is 383. The number of hydrogen-bond donors (Lipinski definition) is 1. The molecule has 0 aliphatic carbocycles. The average molecular weight is 304 g/mol. The molecule has 0 amide bonds. The second kappa shape index (κ2) is 5.05. The van der Waals surface area contributed by atoms with Gasteiger partial charge >= 0.3 is 0 Å². The van der Waals surface area contributed by atoms with Gasteiger partial charge in [0.05, 0.1) is 0 Å². The highest BCUT2D eigenvalue weighted by molar-refractivity contribution is 9.10. The topological polar surface area (TPSA) is 15.3 Å². The molecule has 0 radical (unpaired) electrons. The molecule has 16 heavy (non-hydrogen) atoms. The molecule has 1 aromatic rings. The number of nitrogens with one attached hydrogen (secondary N) is 1. The zero-order valence-corrected chi connectivity index (χ0v) is 11.5. The first kappa shape index (κ1) is 12.4. The molecule has 3 rings (SSSR count). The molecular weight excluding hydrogens is 288 g/mol. The van der Waals surface area contributed by atoms with Gasteiger partial charge < -0.3 is 5.32 Å². The molecule has 2 aliphatic rings. The van der Waals surface area contributed by atoms with Crippen molar-refractivity contribution in [2.24, 2.45) is 0 Å². The van der Waals surface area contributed by atoms with Crippen LogP contribution >= 0.6 is 28.3 Å². The van der Waals surface area contributed by atoms with Crippen molar-refractivity contribution in [2.45, 2.75) is 12.5 Å². The lowest BCUT2D eigenvalue weighted by atomic mass is 9.91. The summed E-state index contributed by atoms with van der Waals surface area (Å²) in [6.45, 7) is 4.64. The minimum Gasteiger partial charge on any atom is -0.314 e. The molecule has 1 aromatic carbocycles. The van der Waals surface area contributed by atoms with Crippen LogP contribution in [0.25, 0.3) is 0 Å². The lowest BCUT2D eigenvalue weighted by molar-refractivity contribution is 0.151. The number of halogens is 2. The van der Waals surface area contributed by atoms with E-state index in [4.69, 9.17) is 0 Å². The van der Waals surface area contributed by atoms with Crippen molar-refractivity contribution in [3.05, 3.63) is 33.8 Å². The van der Waals surface area contributed by atoms with Crippen molar-refractivity contribution in [3.8, 4) is 0 Å². The van der Waals surface area contributed by atoms with E-state index in [-0.39, 0.29) is 12.4 Å². The predicted octanol–water partition coefficient (Wildman–Crippen LogP) is 2.37. The van der Waals surface area contributed by atoms with Gasteiger partial charge in [0.15, 0.2) is 0 Å². The summed E-state index contributed by atoms with van der Waals surface area (Å²) in [4.78, 5) is 2.60. The minimum absolute atomic E-state index is 0. The van der Waals surface area contributed by atoms with Gasteiger partial charge in [0.25, 0.3) is 0 Å². The molecule has 1 saturated heterocycles. The molecule has 1 atom stereocenters. The summed E-state index contributed by atoms with van der Waals surface area (Å²) in [6.07, 6.45) is 1.19. The van der Waals surface area contributed by atoms with E-state index in [9.17, 15) is 0 Å². The summed E-state index contributed by atoms with van der Waals surface area (Å²) in [7, 11) is 0. The van der Waals surface area contributed by atoms with Crippen LogP contribution in [0.15, 0.2) is 22.7 Å². The first-order valence-corrected chi connectivity index (χ1v) is 6.37. The highest BCUT2D eigenvalue weighted by Crippen LogP contribution is 2.34. The van der Waals surface area contributed by atoms with Crippen molar-refractivity contribution in [1.29, 1.82) is 0 Å². The Morgan fingerprint density at radius 3 is 3.06 bits per heavy atom. The molecule has 1 N–H and O–H groups in total. The van der Waals surface area contributed by atoms with Crippen LogP contribution in [0.1, 0.15) is 17.2 Å². The van der Waals surface area contributed by atoms with Gasteiger partial charge in [-0.15, -0.1) is 12.4 Å². The molecule has 2 nitrogen and oxygen atoms in total. The minimum atomic E-state index is 0. The Kier molecular flexibility index (Phi) is 3.90. The Morgan fingerprint density at radius 1 is 1.31 bits per heavy atom. The third-order valence-corrected chi connectivity index (χ3v) is 4.26. The maximum absolute atomic E-state index is 3.66. The second-order valence-electron chi connectivity index (χ2n) is 4.31. The van der Waals surface area contributed by atoms with Crippen LogP contribution in [0.3, 0.4) is 0 Å². The Morgan fingerprint density at radius 2 is 2.19 bits per heavy atom. The van der Waals surface area contributed by atoms with Gasteiger partial charge in [-0.2, -0.15) is 0 Å². The lowest BCUT2D eigenvalue weighted by Gasteiger charge is -2.41. The summed E-state index contributed by atoms with van der Waals surface area (Å²) in [5, 5.41) is 3.49. The van der Waals surface area contributed by atoms with Gasteiger partial charge in [-0.1, -0.05) is 28.1 Å². The third kappa shape index (κ3) is 2.02. The van der Waals surface area contributed by atoms with Crippen LogP contribution < -0.4 is 5.32 Å². The number of piperazine rings is 1. The molecule has 0 spiro atoms. The standard InChI is InChI=1S/C12H15BrN2.ClH/c13-11-3-1-2-10-9(11)4-6-15-7-5-14-8-12(10)15;/h1-3,12,14H,4-8H2;1H. The fourth-order valence-electron chi connectivity index (χ4n) is 2.73. The van der Waals surface area contributed by atoms with Gasteiger partial charge in [-0.05, 0) is 23.6 Å². The maximum atomic E-state index is 3.66. The number of hydrogen-bond acceptors (Lipinski definition) is 2. The number of fused-ring (bicyclic) bond motifs is 3. The highest BCUT2D eigenvalue weighted by Gasteiger charge is 2.29. The predicted molar refractivity (Wildman–Crippen MR) is 72.3 cm³/mol. The largest absolute Gasteiger partial charge is 0.314 e. The van der Waals surface area contributed by atoms with E-state index in [0.717, 1.165) is 13.1 Å². The van der Waals surface area contributed by atoms with Crippen LogP contribution in [-0.2, 0) is 6.42 Å². The Labute approximate surface area is 111 Å². The molecular formula is C12H16BrClN2. The van der Waals surface area contributed by atoms with Crippen LogP contribution in [0, 0.1) is 0 Å². The van der Waals surface area contributed by atoms with Crippen LogP contribution in [0.5, 0.6) is 0 Å². The molecule has 0 aromatic heterocycles. The third-order valence-electron chi connectivity index (χ3n) is 3.52. The summed E-state index contributed by atoms with van der Waals surface area (Å²) in [6, 6.07) is 7.19. The number of rotatable bonds is 0. The van der Waals surface area contributed by atoms with E-state index in [1.165, 1.54) is 35.1 Å². The highest BCUT2D eigenvalue weighted by atomic mass is 79.9. The first-order chi connectivity index (χ1) is 7.36. The van der Waals surface area contributed by atoms with Crippen LogP contribution in [0.4, 0.5) is 0 Å². The molecule has 0 saturated carbocycles. The van der Waals surface area contributed by atoms with Gasteiger partial charge in [0.2, 0.25) is 0 Å². The van der Waals surface area contributed by atoms with Crippen molar-refractivity contribution in [1.82, 2.24) is 10.2 Å². The van der Waals surface area contributed by atoms with Gasteiger partial charge in [0, 0.05) is 36.7 Å². The van der Waals surface area contributed by atoms with Crippen molar-refractivity contribution >= 4 is 28.3 Å². The van der Waals surface area contributed by atoms with E-state index < -0.39 is 0 Å².